The molecule has 0 saturated carbocycles. The number of nitrogens with zero attached hydrogens (tertiary/aromatic N) is 2. The highest BCUT2D eigenvalue weighted by Crippen LogP contribution is 2.22. The van der Waals surface area contributed by atoms with E-state index >= 15 is 0 Å². The molecule has 1 aromatic rings. The molecule has 2 aliphatic rings. The van der Waals surface area contributed by atoms with Crippen LogP contribution in [0.25, 0.3) is 0 Å². The van der Waals surface area contributed by atoms with E-state index in [4.69, 9.17) is 9.47 Å². The lowest BCUT2D eigenvalue weighted by Gasteiger charge is -2.42. The summed E-state index contributed by atoms with van der Waals surface area (Å²) in [6, 6.07) is 6.84. The van der Waals surface area contributed by atoms with Crippen molar-refractivity contribution in [3.63, 3.8) is 0 Å². The monoisotopic (exact) mass is 430 g/mol. The van der Waals surface area contributed by atoms with Gasteiger partial charge in [-0.15, -0.1) is 0 Å². The third kappa shape index (κ3) is 5.16. The molecule has 2 heterocycles. The first kappa shape index (κ1) is 22.6. The maximum Gasteiger partial charge on any atom is 0.337 e. The summed E-state index contributed by atoms with van der Waals surface area (Å²) in [5, 5.41) is 5.52. The summed E-state index contributed by atoms with van der Waals surface area (Å²) in [6.45, 7) is 8.72. The minimum absolute atomic E-state index is 0.187. The van der Waals surface area contributed by atoms with Gasteiger partial charge in [0.25, 0.3) is 0 Å². The van der Waals surface area contributed by atoms with E-state index < -0.39 is 12.0 Å². The van der Waals surface area contributed by atoms with E-state index in [1.54, 1.807) is 26.0 Å². The molecule has 2 aliphatic heterocycles. The average molecular weight is 431 g/mol. The number of anilines is 1. The topological polar surface area (TPSA) is 100 Å². The number of ether oxygens (including phenoxy) is 2. The lowest BCUT2D eigenvalue weighted by molar-refractivity contribution is -0.139. The standard InChI is InChI=1S/C22H30N4O5/c1-5-31-21(28)19-15(3)23-22(29)24-18(19)13-25-10-11-26(12-14(25)2)17-8-6-16(7-9-17)20(27)30-4/h6-9,14-15H,5,10-13H2,1-4H3,(H2,23,24,29). The van der Waals surface area contributed by atoms with Crippen molar-refractivity contribution in [2.75, 3.05) is 44.8 Å². The number of hydrogen-bond donors (Lipinski definition) is 2. The molecule has 0 radical (unpaired) electrons. The summed E-state index contributed by atoms with van der Waals surface area (Å²) in [5.74, 6) is -0.761. The van der Waals surface area contributed by atoms with E-state index in [-0.39, 0.29) is 24.6 Å². The van der Waals surface area contributed by atoms with Crippen molar-refractivity contribution in [2.45, 2.75) is 32.9 Å². The Labute approximate surface area is 182 Å². The Kier molecular flexibility index (Phi) is 7.17. The second-order valence-electron chi connectivity index (χ2n) is 7.74. The first-order valence-corrected chi connectivity index (χ1v) is 10.5. The number of carbonyl (C=O) groups is 3. The summed E-state index contributed by atoms with van der Waals surface area (Å²) in [4.78, 5) is 40.6. The Morgan fingerprint density at radius 3 is 2.45 bits per heavy atom. The molecule has 168 valence electrons. The van der Waals surface area contributed by atoms with Crippen LogP contribution < -0.4 is 15.5 Å². The summed E-state index contributed by atoms with van der Waals surface area (Å²) in [6.07, 6.45) is 0. The lowest BCUT2D eigenvalue weighted by atomic mass is 10.0. The van der Waals surface area contributed by atoms with Crippen LogP contribution in [-0.4, -0.2) is 74.8 Å². The maximum absolute atomic E-state index is 12.5. The summed E-state index contributed by atoms with van der Waals surface area (Å²) >= 11 is 0. The highest BCUT2D eigenvalue weighted by atomic mass is 16.5. The van der Waals surface area contributed by atoms with E-state index in [2.05, 4.69) is 27.4 Å². The van der Waals surface area contributed by atoms with Gasteiger partial charge in [0.2, 0.25) is 0 Å². The molecule has 1 fully saturated rings. The minimum Gasteiger partial charge on any atom is -0.465 e. The molecule has 1 saturated heterocycles. The van der Waals surface area contributed by atoms with Crippen molar-refractivity contribution < 1.29 is 23.9 Å². The van der Waals surface area contributed by atoms with Crippen LogP contribution in [0.2, 0.25) is 0 Å². The highest BCUT2D eigenvalue weighted by molar-refractivity contribution is 5.94. The number of benzene rings is 1. The molecule has 2 N–H and O–H groups in total. The molecule has 2 unspecified atom stereocenters. The number of nitrogens with one attached hydrogen (secondary N) is 2. The maximum atomic E-state index is 12.5. The second kappa shape index (κ2) is 9.82. The van der Waals surface area contributed by atoms with Gasteiger partial charge in [0, 0.05) is 43.6 Å². The number of esters is 2. The van der Waals surface area contributed by atoms with Gasteiger partial charge in [-0.2, -0.15) is 0 Å². The van der Waals surface area contributed by atoms with Crippen molar-refractivity contribution in [3.8, 4) is 0 Å². The van der Waals surface area contributed by atoms with Gasteiger partial charge in [-0.25, -0.2) is 14.4 Å². The molecule has 9 nitrogen and oxygen atoms in total. The van der Waals surface area contributed by atoms with Crippen LogP contribution in [-0.2, 0) is 14.3 Å². The Morgan fingerprint density at radius 2 is 1.84 bits per heavy atom. The van der Waals surface area contributed by atoms with Crippen LogP contribution in [0.3, 0.4) is 0 Å². The zero-order valence-electron chi connectivity index (χ0n) is 18.4. The van der Waals surface area contributed by atoms with Crippen molar-refractivity contribution in [2.24, 2.45) is 0 Å². The molecule has 0 aliphatic carbocycles. The minimum atomic E-state index is -0.410. The number of carbonyl (C=O) groups excluding carboxylic acids is 3. The molecule has 1 aromatic carbocycles. The SMILES string of the molecule is CCOC(=O)C1=C(CN2CCN(c3ccc(C(=O)OC)cc3)CC2C)NC(=O)NC1C. The van der Waals surface area contributed by atoms with Gasteiger partial charge in [0.1, 0.15) is 0 Å². The van der Waals surface area contributed by atoms with E-state index in [0.717, 1.165) is 25.3 Å². The summed E-state index contributed by atoms with van der Waals surface area (Å²) in [7, 11) is 1.37. The van der Waals surface area contributed by atoms with E-state index in [0.29, 0.717) is 23.4 Å². The fourth-order valence-electron chi connectivity index (χ4n) is 4.00. The van der Waals surface area contributed by atoms with E-state index in [1.807, 2.05) is 12.1 Å². The fraction of sp³-hybridized carbons (Fsp3) is 0.500. The van der Waals surface area contributed by atoms with Gasteiger partial charge in [-0.1, -0.05) is 0 Å². The molecular weight excluding hydrogens is 400 g/mol. The molecule has 2 atom stereocenters. The number of amides is 2. The Bertz CT molecular complexity index is 867. The van der Waals surface area contributed by atoms with Crippen LogP contribution in [0.4, 0.5) is 10.5 Å². The van der Waals surface area contributed by atoms with Gasteiger partial charge < -0.3 is 25.0 Å². The van der Waals surface area contributed by atoms with Crippen LogP contribution in [0, 0.1) is 0 Å². The average Bonchev–Trinajstić information content (AvgIpc) is 2.74. The van der Waals surface area contributed by atoms with Crippen LogP contribution in [0.5, 0.6) is 0 Å². The molecule has 0 spiro atoms. The molecule has 2 amide bonds. The van der Waals surface area contributed by atoms with Gasteiger partial charge in [-0.05, 0) is 45.0 Å². The molecule has 3 rings (SSSR count). The van der Waals surface area contributed by atoms with Gasteiger partial charge in [0.05, 0.1) is 30.9 Å². The summed E-state index contributed by atoms with van der Waals surface area (Å²) < 4.78 is 9.94. The van der Waals surface area contributed by atoms with Crippen LogP contribution in [0.15, 0.2) is 35.5 Å². The van der Waals surface area contributed by atoms with Crippen molar-refractivity contribution in [1.82, 2.24) is 15.5 Å². The Balaban J connectivity index is 1.70. The highest BCUT2D eigenvalue weighted by Gasteiger charge is 2.32. The normalized spacial score (nSPS) is 21.9. The zero-order chi connectivity index (χ0) is 22.5. The van der Waals surface area contributed by atoms with E-state index in [1.165, 1.54) is 7.11 Å². The van der Waals surface area contributed by atoms with Crippen molar-refractivity contribution >= 4 is 23.7 Å². The first-order valence-electron chi connectivity index (χ1n) is 10.5. The van der Waals surface area contributed by atoms with Crippen LogP contribution in [0.1, 0.15) is 31.1 Å². The predicted octanol–water partition coefficient (Wildman–Crippen LogP) is 1.50. The third-order valence-corrected chi connectivity index (χ3v) is 5.65. The number of rotatable bonds is 6. The quantitative estimate of drug-likeness (QED) is 0.660. The second-order valence-corrected chi connectivity index (χ2v) is 7.74. The number of hydrogen-bond acceptors (Lipinski definition) is 7. The number of piperazine rings is 1. The van der Waals surface area contributed by atoms with Crippen molar-refractivity contribution in [1.29, 1.82) is 0 Å². The lowest BCUT2D eigenvalue weighted by Crippen LogP contribution is -2.56. The van der Waals surface area contributed by atoms with E-state index in [9.17, 15) is 14.4 Å². The predicted molar refractivity (Wildman–Crippen MR) is 116 cm³/mol. The molecule has 0 bridgehead atoms. The smallest absolute Gasteiger partial charge is 0.337 e. The molecular formula is C22H30N4O5. The number of urea groups is 1. The third-order valence-electron chi connectivity index (χ3n) is 5.65. The first-order chi connectivity index (χ1) is 14.8. The number of methoxy groups -OCH3 is 1. The largest absolute Gasteiger partial charge is 0.465 e. The van der Waals surface area contributed by atoms with Crippen molar-refractivity contribution in [3.05, 3.63) is 41.1 Å². The van der Waals surface area contributed by atoms with Crippen LogP contribution >= 0.6 is 0 Å². The van der Waals surface area contributed by atoms with Gasteiger partial charge in [-0.3, -0.25) is 4.90 Å². The van der Waals surface area contributed by atoms with Gasteiger partial charge >= 0.3 is 18.0 Å². The molecule has 31 heavy (non-hydrogen) atoms. The zero-order valence-corrected chi connectivity index (χ0v) is 18.4. The molecule has 9 heteroatoms. The van der Waals surface area contributed by atoms with Gasteiger partial charge in [0.15, 0.2) is 0 Å². The Morgan fingerprint density at radius 1 is 1.13 bits per heavy atom. The summed E-state index contributed by atoms with van der Waals surface area (Å²) in [5.41, 5.74) is 2.62. The fourth-order valence-corrected chi connectivity index (χ4v) is 4.00. The Hall–Kier alpha value is -3.07. The molecule has 0 aromatic heterocycles.